The van der Waals surface area contributed by atoms with E-state index in [1.54, 1.807) is 0 Å². The highest BCUT2D eigenvalue weighted by molar-refractivity contribution is 9.10. The van der Waals surface area contributed by atoms with Crippen LogP contribution < -0.4 is 5.73 Å². The fourth-order valence-electron chi connectivity index (χ4n) is 1.71. The van der Waals surface area contributed by atoms with Gasteiger partial charge in [0.25, 0.3) is 0 Å². The largest absolute Gasteiger partial charge is 0.383 e. The van der Waals surface area contributed by atoms with Crippen LogP contribution in [0.5, 0.6) is 0 Å². The van der Waals surface area contributed by atoms with Gasteiger partial charge in [0.15, 0.2) is 0 Å². The quantitative estimate of drug-likeness (QED) is 0.858. The van der Waals surface area contributed by atoms with Gasteiger partial charge in [-0.2, -0.15) is 11.8 Å². The molecule has 1 atom stereocenters. The smallest absolute Gasteiger partial charge is 0.149 e. The fourth-order valence-corrected chi connectivity index (χ4v) is 3.10. The predicted octanol–water partition coefficient (Wildman–Crippen LogP) is 1.85. The van der Waals surface area contributed by atoms with E-state index in [-0.39, 0.29) is 6.04 Å². The van der Waals surface area contributed by atoms with Crippen molar-refractivity contribution in [1.82, 2.24) is 14.9 Å². The maximum absolute atomic E-state index is 5.85. The number of nitrogens with zero attached hydrogens (tertiary/aromatic N) is 3. The Morgan fingerprint density at radius 2 is 2.25 bits per heavy atom. The third kappa shape index (κ3) is 2.33. The van der Waals surface area contributed by atoms with Gasteiger partial charge in [0.05, 0.1) is 16.2 Å². The summed E-state index contributed by atoms with van der Waals surface area (Å²) in [6.07, 6.45) is 0. The van der Waals surface area contributed by atoms with Crippen molar-refractivity contribution in [2.75, 3.05) is 30.8 Å². The second-order valence-corrected chi connectivity index (χ2v) is 5.88. The molecule has 1 saturated heterocycles. The van der Waals surface area contributed by atoms with E-state index in [0.717, 1.165) is 28.3 Å². The van der Waals surface area contributed by atoms with Gasteiger partial charge in [-0.05, 0) is 29.9 Å². The Hall–Kier alpha value is -0.330. The lowest BCUT2D eigenvalue weighted by Gasteiger charge is -2.31. The van der Waals surface area contributed by atoms with E-state index in [1.807, 2.05) is 18.7 Å². The molecule has 0 radical (unpaired) electrons. The lowest BCUT2D eigenvalue weighted by atomic mass is 10.2. The van der Waals surface area contributed by atoms with Crippen LogP contribution in [0.25, 0.3) is 0 Å². The maximum Gasteiger partial charge on any atom is 0.149 e. The first-order chi connectivity index (χ1) is 7.59. The second-order valence-electron chi connectivity index (χ2n) is 3.94. The van der Waals surface area contributed by atoms with Crippen molar-refractivity contribution in [1.29, 1.82) is 0 Å². The maximum atomic E-state index is 5.85. The topological polar surface area (TPSA) is 55.0 Å². The molecule has 4 nitrogen and oxygen atoms in total. The molecule has 2 N–H and O–H groups in total. The van der Waals surface area contributed by atoms with Crippen LogP contribution in [0.3, 0.4) is 0 Å². The van der Waals surface area contributed by atoms with Crippen LogP contribution in [-0.2, 0) is 0 Å². The molecule has 1 unspecified atom stereocenters. The minimum absolute atomic E-state index is 0.285. The molecule has 1 aromatic heterocycles. The van der Waals surface area contributed by atoms with Crippen LogP contribution in [0.4, 0.5) is 5.82 Å². The molecule has 0 saturated carbocycles. The summed E-state index contributed by atoms with van der Waals surface area (Å²) in [6.45, 7) is 3.02. The minimum Gasteiger partial charge on any atom is -0.383 e. The number of hydrogen-bond donors (Lipinski definition) is 1. The summed E-state index contributed by atoms with van der Waals surface area (Å²) in [4.78, 5) is 11.2. The Kier molecular flexibility index (Phi) is 3.71. The van der Waals surface area contributed by atoms with Gasteiger partial charge in [-0.1, -0.05) is 0 Å². The zero-order chi connectivity index (χ0) is 11.7. The highest BCUT2D eigenvalue weighted by atomic mass is 79.9. The molecule has 1 aliphatic rings. The number of rotatable bonds is 1. The third-order valence-corrected chi connectivity index (χ3v) is 4.76. The molecule has 2 rings (SSSR count). The Labute approximate surface area is 108 Å². The molecule has 0 aliphatic carbocycles. The van der Waals surface area contributed by atoms with Crippen LogP contribution in [0.15, 0.2) is 4.47 Å². The molecule has 2 heterocycles. The van der Waals surface area contributed by atoms with E-state index < -0.39 is 0 Å². The highest BCUT2D eigenvalue weighted by Gasteiger charge is 2.24. The highest BCUT2D eigenvalue weighted by Crippen LogP contribution is 2.28. The predicted molar refractivity (Wildman–Crippen MR) is 71.6 cm³/mol. The van der Waals surface area contributed by atoms with Crippen LogP contribution in [0, 0.1) is 6.92 Å². The summed E-state index contributed by atoms with van der Waals surface area (Å²) in [6, 6.07) is 0.285. The van der Waals surface area contributed by atoms with Gasteiger partial charge >= 0.3 is 0 Å². The molecule has 0 amide bonds. The van der Waals surface area contributed by atoms with Gasteiger partial charge in [-0.15, -0.1) is 0 Å². The third-order valence-electron chi connectivity index (χ3n) is 2.75. The number of anilines is 1. The van der Waals surface area contributed by atoms with Gasteiger partial charge in [-0.25, -0.2) is 9.97 Å². The summed E-state index contributed by atoms with van der Waals surface area (Å²) in [5.41, 5.74) is 6.76. The molecule has 1 aromatic rings. The number of aryl methyl sites for hydroxylation is 1. The van der Waals surface area contributed by atoms with Crippen LogP contribution in [0.1, 0.15) is 17.6 Å². The normalized spacial score (nSPS) is 22.3. The number of thioether (sulfide) groups is 1. The lowest BCUT2D eigenvalue weighted by molar-refractivity contribution is 0.264. The molecule has 1 fully saturated rings. The first kappa shape index (κ1) is 12.1. The molecular weight excluding hydrogens is 288 g/mol. The second kappa shape index (κ2) is 4.89. The summed E-state index contributed by atoms with van der Waals surface area (Å²) in [5, 5.41) is 0. The molecule has 0 spiro atoms. The Morgan fingerprint density at radius 3 is 2.88 bits per heavy atom. The molecular formula is C10H15BrN4S. The minimum atomic E-state index is 0.285. The number of hydrogen-bond acceptors (Lipinski definition) is 5. The molecule has 88 valence electrons. The van der Waals surface area contributed by atoms with Crippen molar-refractivity contribution >= 4 is 33.5 Å². The van der Waals surface area contributed by atoms with Crippen molar-refractivity contribution in [3.05, 3.63) is 16.0 Å². The summed E-state index contributed by atoms with van der Waals surface area (Å²) in [5.74, 6) is 3.59. The first-order valence-corrected chi connectivity index (χ1v) is 7.12. The molecule has 0 aromatic carbocycles. The number of halogens is 1. The van der Waals surface area contributed by atoms with Crippen molar-refractivity contribution in [3.63, 3.8) is 0 Å². The summed E-state index contributed by atoms with van der Waals surface area (Å²) in [7, 11) is 2.11. The standard InChI is InChI=1S/C10H15BrN4S/c1-6-8(11)9(12)14-10(13-6)7-5-16-4-3-15(7)2/h7H,3-5H2,1-2H3,(H2,12,13,14). The van der Waals surface area contributed by atoms with E-state index in [4.69, 9.17) is 5.73 Å². The van der Waals surface area contributed by atoms with Crippen LogP contribution in [-0.4, -0.2) is 40.0 Å². The van der Waals surface area contributed by atoms with Gasteiger partial charge in [0.1, 0.15) is 11.6 Å². The van der Waals surface area contributed by atoms with Crippen LogP contribution >= 0.6 is 27.7 Å². The summed E-state index contributed by atoms with van der Waals surface area (Å²) < 4.78 is 0.808. The Bertz CT molecular complexity index is 375. The van der Waals surface area contributed by atoms with Crippen molar-refractivity contribution < 1.29 is 0 Å². The van der Waals surface area contributed by atoms with Gasteiger partial charge < -0.3 is 5.73 Å². The Balaban J connectivity index is 2.32. The van der Waals surface area contributed by atoms with Gasteiger partial charge in [0.2, 0.25) is 0 Å². The van der Waals surface area contributed by atoms with E-state index >= 15 is 0 Å². The van der Waals surface area contributed by atoms with Crippen LogP contribution in [0.2, 0.25) is 0 Å². The van der Waals surface area contributed by atoms with Crippen molar-refractivity contribution in [2.24, 2.45) is 0 Å². The fraction of sp³-hybridized carbons (Fsp3) is 0.600. The van der Waals surface area contributed by atoms with E-state index in [2.05, 4.69) is 37.8 Å². The average molecular weight is 303 g/mol. The zero-order valence-electron chi connectivity index (χ0n) is 9.40. The molecule has 6 heteroatoms. The SMILES string of the molecule is Cc1nc(C2CSCCN2C)nc(N)c1Br. The number of aromatic nitrogens is 2. The van der Waals surface area contributed by atoms with Gasteiger partial charge in [-0.3, -0.25) is 4.90 Å². The van der Waals surface area contributed by atoms with Crippen molar-refractivity contribution in [2.45, 2.75) is 13.0 Å². The summed E-state index contributed by atoms with van der Waals surface area (Å²) >= 11 is 5.33. The van der Waals surface area contributed by atoms with Gasteiger partial charge in [0, 0.05) is 18.1 Å². The molecule has 0 bridgehead atoms. The zero-order valence-corrected chi connectivity index (χ0v) is 11.8. The molecule has 1 aliphatic heterocycles. The average Bonchev–Trinajstić information content (AvgIpc) is 2.26. The molecule has 16 heavy (non-hydrogen) atoms. The van der Waals surface area contributed by atoms with E-state index in [1.165, 1.54) is 5.75 Å². The van der Waals surface area contributed by atoms with Crippen molar-refractivity contribution in [3.8, 4) is 0 Å². The first-order valence-electron chi connectivity index (χ1n) is 5.17. The Morgan fingerprint density at radius 1 is 1.50 bits per heavy atom. The number of nitrogen functional groups attached to an aromatic ring is 1. The lowest BCUT2D eigenvalue weighted by Crippen LogP contribution is -2.34. The van der Waals surface area contributed by atoms with E-state index in [0.29, 0.717) is 5.82 Å². The number of nitrogens with two attached hydrogens (primary N) is 1. The van der Waals surface area contributed by atoms with E-state index in [9.17, 15) is 0 Å². The monoisotopic (exact) mass is 302 g/mol.